The van der Waals surface area contributed by atoms with Crippen LogP contribution in [0.4, 0.5) is 5.69 Å². The lowest BCUT2D eigenvalue weighted by molar-refractivity contribution is -0.135. The Morgan fingerprint density at radius 2 is 1.84 bits per heavy atom. The van der Waals surface area contributed by atoms with Gasteiger partial charge in [-0.05, 0) is 35.9 Å². The molecule has 1 aliphatic heterocycles. The maximum atomic E-state index is 12.1. The van der Waals surface area contributed by atoms with Crippen molar-refractivity contribution in [3.8, 4) is 0 Å². The number of methoxy groups -OCH3 is 1. The second kappa shape index (κ2) is 7.59. The summed E-state index contributed by atoms with van der Waals surface area (Å²) in [4.78, 5) is 17.1. The van der Waals surface area contributed by atoms with E-state index in [1.54, 1.807) is 18.2 Å². The standard InChI is InChI=1S/C19H14ClNO3S/c1-24-19(23)16-17(22)15(11-12-7-9-13(20)10-8-12)25-18(16)21-14-5-3-2-4-6-14/h2-11,22H,1H3/b15-11+,21-18?. The van der Waals surface area contributed by atoms with E-state index in [2.05, 4.69) is 4.99 Å². The van der Waals surface area contributed by atoms with E-state index in [0.717, 1.165) is 5.56 Å². The van der Waals surface area contributed by atoms with Gasteiger partial charge in [0.15, 0.2) is 0 Å². The third-order valence-electron chi connectivity index (χ3n) is 3.43. The first-order valence-corrected chi connectivity index (χ1v) is 8.59. The number of thioether (sulfide) groups is 1. The molecule has 25 heavy (non-hydrogen) atoms. The molecule has 126 valence electrons. The molecule has 0 spiro atoms. The molecule has 0 bridgehead atoms. The molecule has 0 fully saturated rings. The average Bonchev–Trinajstić information content (AvgIpc) is 2.92. The van der Waals surface area contributed by atoms with Crippen LogP contribution in [-0.2, 0) is 9.53 Å². The van der Waals surface area contributed by atoms with Gasteiger partial charge in [-0.15, -0.1) is 0 Å². The van der Waals surface area contributed by atoms with Crippen molar-refractivity contribution in [1.29, 1.82) is 0 Å². The second-order valence-electron chi connectivity index (χ2n) is 5.13. The minimum atomic E-state index is -0.626. The van der Waals surface area contributed by atoms with Crippen LogP contribution in [0.1, 0.15) is 5.56 Å². The summed E-state index contributed by atoms with van der Waals surface area (Å²) in [5.74, 6) is -0.763. The number of benzene rings is 2. The number of para-hydroxylation sites is 1. The molecule has 1 heterocycles. The van der Waals surface area contributed by atoms with Gasteiger partial charge in [-0.1, -0.05) is 53.7 Å². The smallest absolute Gasteiger partial charge is 0.344 e. The third-order valence-corrected chi connectivity index (χ3v) is 4.71. The lowest BCUT2D eigenvalue weighted by atomic mass is 10.1. The van der Waals surface area contributed by atoms with E-state index in [0.29, 0.717) is 20.7 Å². The third kappa shape index (κ3) is 3.95. The number of aliphatic hydroxyl groups is 1. The van der Waals surface area contributed by atoms with E-state index in [4.69, 9.17) is 16.3 Å². The van der Waals surface area contributed by atoms with Crippen LogP contribution in [0.15, 0.2) is 75.8 Å². The molecule has 0 radical (unpaired) electrons. The highest BCUT2D eigenvalue weighted by molar-refractivity contribution is 8.18. The SMILES string of the molecule is COC(=O)C1=C(O)/C(=C\c2ccc(Cl)cc2)SC1=Nc1ccccc1. The van der Waals surface area contributed by atoms with Crippen LogP contribution in [0.2, 0.25) is 5.02 Å². The highest BCUT2D eigenvalue weighted by atomic mass is 35.5. The maximum absolute atomic E-state index is 12.1. The van der Waals surface area contributed by atoms with Crippen LogP contribution in [-0.4, -0.2) is 23.2 Å². The van der Waals surface area contributed by atoms with E-state index >= 15 is 0 Å². The number of esters is 1. The number of nitrogens with zero attached hydrogens (tertiary/aromatic N) is 1. The van der Waals surface area contributed by atoms with Gasteiger partial charge in [-0.25, -0.2) is 9.79 Å². The van der Waals surface area contributed by atoms with Gasteiger partial charge in [0.05, 0.1) is 17.7 Å². The summed E-state index contributed by atoms with van der Waals surface area (Å²) in [6, 6.07) is 16.4. The Morgan fingerprint density at radius 1 is 1.16 bits per heavy atom. The molecule has 0 aromatic heterocycles. The topological polar surface area (TPSA) is 58.9 Å². The molecule has 0 saturated carbocycles. The van der Waals surface area contributed by atoms with E-state index in [1.165, 1.54) is 18.9 Å². The monoisotopic (exact) mass is 371 g/mol. The zero-order valence-corrected chi connectivity index (χ0v) is 14.8. The highest BCUT2D eigenvalue weighted by Gasteiger charge is 2.32. The van der Waals surface area contributed by atoms with Crippen LogP contribution in [0.5, 0.6) is 0 Å². The summed E-state index contributed by atoms with van der Waals surface area (Å²) < 4.78 is 4.79. The van der Waals surface area contributed by atoms with Gasteiger partial charge < -0.3 is 9.84 Å². The minimum Gasteiger partial charge on any atom is -0.506 e. The van der Waals surface area contributed by atoms with Gasteiger partial charge in [0, 0.05) is 5.02 Å². The molecule has 0 aliphatic carbocycles. The van der Waals surface area contributed by atoms with Gasteiger partial charge in [-0.2, -0.15) is 0 Å². The Hall–Kier alpha value is -2.50. The normalized spacial score (nSPS) is 17.4. The predicted molar refractivity (Wildman–Crippen MR) is 102 cm³/mol. The number of rotatable bonds is 3. The molecule has 3 rings (SSSR count). The molecular weight excluding hydrogens is 358 g/mol. The number of aliphatic imine (C=N–C) groups is 1. The zero-order chi connectivity index (χ0) is 17.8. The first-order chi connectivity index (χ1) is 12.1. The first kappa shape index (κ1) is 17.3. The molecule has 0 saturated heterocycles. The zero-order valence-electron chi connectivity index (χ0n) is 13.3. The molecule has 2 aromatic carbocycles. The van der Waals surface area contributed by atoms with Gasteiger partial charge in [0.25, 0.3) is 0 Å². The second-order valence-corrected chi connectivity index (χ2v) is 6.60. The first-order valence-electron chi connectivity index (χ1n) is 7.39. The van der Waals surface area contributed by atoms with Crippen molar-refractivity contribution in [1.82, 2.24) is 0 Å². The molecule has 1 N–H and O–H groups in total. The minimum absolute atomic E-state index is 0.0663. The van der Waals surface area contributed by atoms with E-state index in [9.17, 15) is 9.90 Å². The molecule has 4 nitrogen and oxygen atoms in total. The molecule has 0 amide bonds. The number of aliphatic hydroxyl groups excluding tert-OH is 1. The summed E-state index contributed by atoms with van der Waals surface area (Å²) in [7, 11) is 1.27. The Morgan fingerprint density at radius 3 is 2.48 bits per heavy atom. The van der Waals surface area contributed by atoms with Crippen LogP contribution >= 0.6 is 23.4 Å². The highest BCUT2D eigenvalue weighted by Crippen LogP contribution is 2.40. The number of hydrogen-bond acceptors (Lipinski definition) is 5. The van der Waals surface area contributed by atoms with Gasteiger partial charge in [-0.3, -0.25) is 0 Å². The summed E-state index contributed by atoms with van der Waals surface area (Å²) >= 11 is 7.11. The Kier molecular flexibility index (Phi) is 5.26. The predicted octanol–water partition coefficient (Wildman–Crippen LogP) is 5.14. The Balaban J connectivity index is 2.03. The molecule has 0 atom stereocenters. The Bertz CT molecular complexity index is 887. The number of carbonyl (C=O) groups excluding carboxylic acids is 1. The quantitative estimate of drug-likeness (QED) is 0.758. The number of carbonyl (C=O) groups is 1. The fourth-order valence-electron chi connectivity index (χ4n) is 2.22. The molecular formula is C19H14ClNO3S. The van der Waals surface area contributed by atoms with Crippen molar-refractivity contribution in [3.63, 3.8) is 0 Å². The molecule has 6 heteroatoms. The van der Waals surface area contributed by atoms with Crippen molar-refractivity contribution in [2.45, 2.75) is 0 Å². The van der Waals surface area contributed by atoms with Crippen LogP contribution in [0.25, 0.3) is 6.08 Å². The lowest BCUT2D eigenvalue weighted by Crippen LogP contribution is -2.10. The fourth-order valence-corrected chi connectivity index (χ4v) is 3.38. The number of halogens is 1. The van der Waals surface area contributed by atoms with Crippen molar-refractivity contribution in [3.05, 3.63) is 81.4 Å². The van der Waals surface area contributed by atoms with Crippen molar-refractivity contribution in [2.75, 3.05) is 7.11 Å². The van der Waals surface area contributed by atoms with Crippen LogP contribution in [0, 0.1) is 0 Å². The summed E-state index contributed by atoms with van der Waals surface area (Å²) in [6.07, 6.45) is 1.77. The lowest BCUT2D eigenvalue weighted by Gasteiger charge is -2.01. The molecule has 2 aromatic rings. The van der Waals surface area contributed by atoms with Gasteiger partial charge in [0.1, 0.15) is 16.4 Å². The van der Waals surface area contributed by atoms with Gasteiger partial charge in [0.2, 0.25) is 0 Å². The van der Waals surface area contributed by atoms with E-state index in [1.807, 2.05) is 42.5 Å². The average molecular weight is 372 g/mol. The maximum Gasteiger partial charge on any atom is 0.344 e. The Labute approximate surface area is 154 Å². The van der Waals surface area contributed by atoms with Crippen LogP contribution < -0.4 is 0 Å². The summed E-state index contributed by atoms with van der Waals surface area (Å²) in [6.45, 7) is 0. The van der Waals surface area contributed by atoms with Crippen molar-refractivity contribution >= 4 is 46.1 Å². The summed E-state index contributed by atoms with van der Waals surface area (Å²) in [5, 5.41) is 11.5. The molecule has 1 aliphatic rings. The molecule has 0 unspecified atom stereocenters. The fraction of sp³-hybridized carbons (Fsp3) is 0.0526. The largest absolute Gasteiger partial charge is 0.506 e. The van der Waals surface area contributed by atoms with E-state index < -0.39 is 5.97 Å². The van der Waals surface area contributed by atoms with Crippen molar-refractivity contribution < 1.29 is 14.6 Å². The van der Waals surface area contributed by atoms with Gasteiger partial charge >= 0.3 is 5.97 Å². The summed E-state index contributed by atoms with van der Waals surface area (Å²) in [5.41, 5.74) is 1.60. The number of ether oxygens (including phenoxy) is 1. The van der Waals surface area contributed by atoms with E-state index in [-0.39, 0.29) is 11.3 Å². The van der Waals surface area contributed by atoms with Crippen molar-refractivity contribution in [2.24, 2.45) is 4.99 Å². The number of hydrogen-bond donors (Lipinski definition) is 1. The van der Waals surface area contributed by atoms with Crippen LogP contribution in [0.3, 0.4) is 0 Å².